The van der Waals surface area contributed by atoms with E-state index < -0.39 is 0 Å². The predicted molar refractivity (Wildman–Crippen MR) is 61.9 cm³/mol. The second-order valence-electron chi connectivity index (χ2n) is 5.55. The van der Waals surface area contributed by atoms with Crippen LogP contribution in [-0.2, 0) is 4.74 Å². The second kappa shape index (κ2) is 5.28. The Morgan fingerprint density at radius 3 is 2.67 bits per heavy atom. The van der Waals surface area contributed by atoms with Gasteiger partial charge >= 0.3 is 0 Å². The summed E-state index contributed by atoms with van der Waals surface area (Å²) < 4.78 is 5.09. The van der Waals surface area contributed by atoms with Crippen LogP contribution in [0.5, 0.6) is 0 Å². The molecule has 1 heterocycles. The third kappa shape index (κ3) is 3.44. The number of methoxy groups -OCH3 is 1. The highest BCUT2D eigenvalue weighted by molar-refractivity contribution is 4.90. The summed E-state index contributed by atoms with van der Waals surface area (Å²) >= 11 is 0. The number of likely N-dealkylation sites (tertiary alicyclic amines) is 1. The van der Waals surface area contributed by atoms with Crippen molar-refractivity contribution in [1.82, 2.24) is 4.90 Å². The Morgan fingerprint density at radius 1 is 1.47 bits per heavy atom. The minimum Gasteiger partial charge on any atom is -0.391 e. The van der Waals surface area contributed by atoms with Crippen LogP contribution in [-0.4, -0.2) is 49.0 Å². The molecular weight excluding hydrogens is 190 g/mol. The van der Waals surface area contributed by atoms with Gasteiger partial charge in [0.05, 0.1) is 12.7 Å². The smallest absolute Gasteiger partial charge is 0.0743 e. The molecule has 0 aliphatic carbocycles. The van der Waals surface area contributed by atoms with E-state index in [9.17, 15) is 5.11 Å². The molecule has 0 bridgehead atoms. The average molecular weight is 215 g/mol. The second-order valence-corrected chi connectivity index (χ2v) is 5.55. The van der Waals surface area contributed by atoms with Gasteiger partial charge in [0.2, 0.25) is 0 Å². The van der Waals surface area contributed by atoms with E-state index in [0.29, 0.717) is 6.04 Å². The van der Waals surface area contributed by atoms with Gasteiger partial charge in [0, 0.05) is 19.7 Å². The van der Waals surface area contributed by atoms with Gasteiger partial charge in [0.25, 0.3) is 0 Å². The van der Waals surface area contributed by atoms with Crippen LogP contribution in [0.2, 0.25) is 0 Å². The first-order valence-electron chi connectivity index (χ1n) is 5.88. The SMILES string of the molecule is COCCN1CCC[C@H]1C(O)C(C)(C)C. The van der Waals surface area contributed by atoms with Crippen LogP contribution in [0.15, 0.2) is 0 Å². The lowest BCUT2D eigenvalue weighted by atomic mass is 9.84. The van der Waals surface area contributed by atoms with E-state index in [-0.39, 0.29) is 11.5 Å². The highest BCUT2D eigenvalue weighted by atomic mass is 16.5. The van der Waals surface area contributed by atoms with Gasteiger partial charge in [-0.15, -0.1) is 0 Å². The predicted octanol–water partition coefficient (Wildman–Crippen LogP) is 1.50. The largest absolute Gasteiger partial charge is 0.391 e. The van der Waals surface area contributed by atoms with Crippen LogP contribution in [0.25, 0.3) is 0 Å². The van der Waals surface area contributed by atoms with Gasteiger partial charge in [-0.1, -0.05) is 20.8 Å². The topological polar surface area (TPSA) is 32.7 Å². The minimum atomic E-state index is -0.239. The van der Waals surface area contributed by atoms with E-state index in [2.05, 4.69) is 25.7 Å². The van der Waals surface area contributed by atoms with Crippen molar-refractivity contribution in [1.29, 1.82) is 0 Å². The molecule has 15 heavy (non-hydrogen) atoms. The van der Waals surface area contributed by atoms with Gasteiger partial charge in [-0.05, 0) is 24.8 Å². The molecule has 1 aliphatic rings. The third-order valence-electron chi connectivity index (χ3n) is 3.25. The lowest BCUT2D eigenvalue weighted by Crippen LogP contribution is -2.46. The summed E-state index contributed by atoms with van der Waals surface area (Å²) in [4.78, 5) is 2.36. The Bertz CT molecular complexity index is 189. The van der Waals surface area contributed by atoms with Crippen molar-refractivity contribution in [2.75, 3.05) is 26.8 Å². The first kappa shape index (κ1) is 12.9. The van der Waals surface area contributed by atoms with E-state index in [1.807, 2.05) is 0 Å². The summed E-state index contributed by atoms with van der Waals surface area (Å²) in [5.74, 6) is 0. The molecule has 0 aromatic rings. The van der Waals surface area contributed by atoms with Crippen molar-refractivity contribution >= 4 is 0 Å². The van der Waals surface area contributed by atoms with Gasteiger partial charge < -0.3 is 9.84 Å². The van der Waals surface area contributed by atoms with Crippen LogP contribution < -0.4 is 0 Å². The zero-order chi connectivity index (χ0) is 11.5. The van der Waals surface area contributed by atoms with Crippen LogP contribution >= 0.6 is 0 Å². The van der Waals surface area contributed by atoms with Crippen molar-refractivity contribution in [2.45, 2.75) is 45.8 Å². The molecule has 0 amide bonds. The fourth-order valence-corrected chi connectivity index (χ4v) is 2.27. The summed E-state index contributed by atoms with van der Waals surface area (Å²) in [5.41, 5.74) is -0.0275. The lowest BCUT2D eigenvalue weighted by molar-refractivity contribution is -0.00988. The molecule has 1 aliphatic heterocycles. The summed E-state index contributed by atoms with van der Waals surface area (Å²) in [6.07, 6.45) is 2.07. The van der Waals surface area contributed by atoms with Crippen LogP contribution in [0.3, 0.4) is 0 Å². The average Bonchev–Trinajstić information content (AvgIpc) is 2.59. The van der Waals surface area contributed by atoms with Crippen LogP contribution in [0.4, 0.5) is 0 Å². The van der Waals surface area contributed by atoms with Gasteiger partial charge in [-0.25, -0.2) is 0 Å². The molecule has 0 saturated carbocycles. The van der Waals surface area contributed by atoms with E-state index >= 15 is 0 Å². The highest BCUT2D eigenvalue weighted by Gasteiger charge is 2.36. The van der Waals surface area contributed by atoms with Crippen LogP contribution in [0, 0.1) is 5.41 Å². The van der Waals surface area contributed by atoms with Crippen LogP contribution in [0.1, 0.15) is 33.6 Å². The Morgan fingerprint density at radius 2 is 2.13 bits per heavy atom. The fraction of sp³-hybridized carbons (Fsp3) is 1.00. The molecule has 90 valence electrons. The molecule has 0 aromatic carbocycles. The van der Waals surface area contributed by atoms with Gasteiger partial charge in [-0.2, -0.15) is 0 Å². The number of nitrogens with zero attached hydrogens (tertiary/aromatic N) is 1. The summed E-state index contributed by atoms with van der Waals surface area (Å²) in [7, 11) is 1.73. The Labute approximate surface area is 93.4 Å². The number of ether oxygens (including phenoxy) is 1. The van der Waals surface area contributed by atoms with E-state index in [1.165, 1.54) is 6.42 Å². The Balaban J connectivity index is 2.52. The lowest BCUT2D eigenvalue weighted by Gasteiger charge is -2.36. The number of hydrogen-bond donors (Lipinski definition) is 1. The zero-order valence-corrected chi connectivity index (χ0v) is 10.5. The standard InChI is InChI=1S/C12H25NO2/c1-12(2,3)11(14)10-6-5-7-13(10)8-9-15-4/h10-11,14H,5-9H2,1-4H3/t10-,11?/m0/s1. The molecule has 0 aromatic heterocycles. The van der Waals surface area contributed by atoms with Crippen molar-refractivity contribution in [3.05, 3.63) is 0 Å². The Hall–Kier alpha value is -0.120. The fourth-order valence-electron chi connectivity index (χ4n) is 2.27. The molecular formula is C12H25NO2. The maximum absolute atomic E-state index is 10.3. The highest BCUT2D eigenvalue weighted by Crippen LogP contribution is 2.30. The quantitative estimate of drug-likeness (QED) is 0.771. The number of aliphatic hydroxyl groups is 1. The number of aliphatic hydroxyl groups excluding tert-OH is 1. The number of rotatable bonds is 4. The van der Waals surface area contributed by atoms with E-state index in [1.54, 1.807) is 7.11 Å². The first-order valence-corrected chi connectivity index (χ1v) is 5.88. The van der Waals surface area contributed by atoms with Crippen molar-refractivity contribution in [3.63, 3.8) is 0 Å². The number of hydrogen-bond acceptors (Lipinski definition) is 3. The van der Waals surface area contributed by atoms with E-state index in [0.717, 1.165) is 26.1 Å². The van der Waals surface area contributed by atoms with E-state index in [4.69, 9.17) is 4.74 Å². The molecule has 3 heteroatoms. The molecule has 1 fully saturated rings. The molecule has 1 unspecified atom stereocenters. The molecule has 1 rings (SSSR count). The summed E-state index contributed by atoms with van der Waals surface area (Å²) in [6.45, 7) is 9.10. The van der Waals surface area contributed by atoms with Gasteiger partial charge in [0.15, 0.2) is 0 Å². The molecule has 1 saturated heterocycles. The molecule has 1 N–H and O–H groups in total. The van der Waals surface area contributed by atoms with Gasteiger partial charge in [0.1, 0.15) is 0 Å². The Kier molecular flexibility index (Phi) is 4.56. The normalized spacial score (nSPS) is 25.8. The van der Waals surface area contributed by atoms with Crippen molar-refractivity contribution < 1.29 is 9.84 Å². The maximum Gasteiger partial charge on any atom is 0.0743 e. The zero-order valence-electron chi connectivity index (χ0n) is 10.5. The molecule has 0 radical (unpaired) electrons. The monoisotopic (exact) mass is 215 g/mol. The molecule has 0 spiro atoms. The van der Waals surface area contributed by atoms with Crippen molar-refractivity contribution in [2.24, 2.45) is 5.41 Å². The summed E-state index contributed by atoms with van der Waals surface area (Å²) in [6, 6.07) is 0.320. The third-order valence-corrected chi connectivity index (χ3v) is 3.25. The molecule has 2 atom stereocenters. The summed E-state index contributed by atoms with van der Waals surface area (Å²) in [5, 5.41) is 10.3. The minimum absolute atomic E-state index is 0.0275. The maximum atomic E-state index is 10.3. The van der Waals surface area contributed by atoms with Crippen molar-refractivity contribution in [3.8, 4) is 0 Å². The first-order chi connectivity index (χ1) is 6.96. The van der Waals surface area contributed by atoms with Gasteiger partial charge in [-0.3, -0.25) is 4.90 Å². The molecule has 3 nitrogen and oxygen atoms in total.